The van der Waals surface area contributed by atoms with Crippen molar-refractivity contribution < 1.29 is 4.79 Å². The van der Waals surface area contributed by atoms with Crippen molar-refractivity contribution in [2.24, 2.45) is 4.99 Å². The van der Waals surface area contributed by atoms with Crippen LogP contribution in [-0.4, -0.2) is 34.8 Å². The fourth-order valence-corrected chi connectivity index (χ4v) is 4.10. The zero-order chi connectivity index (χ0) is 19.9. The van der Waals surface area contributed by atoms with Gasteiger partial charge >= 0.3 is 0 Å². The Morgan fingerprint density at radius 3 is 2.68 bits per heavy atom. The maximum atomic E-state index is 12.0. The van der Waals surface area contributed by atoms with Gasteiger partial charge in [-0.25, -0.2) is 9.98 Å². The Hall–Kier alpha value is -2.41. The van der Waals surface area contributed by atoms with Crippen molar-refractivity contribution in [1.82, 2.24) is 20.5 Å². The van der Waals surface area contributed by atoms with Crippen molar-refractivity contribution in [3.8, 4) is 0 Å². The molecule has 2 N–H and O–H groups in total. The summed E-state index contributed by atoms with van der Waals surface area (Å²) in [5.41, 5.74) is 3.41. The predicted molar refractivity (Wildman–Crippen MR) is 114 cm³/mol. The minimum absolute atomic E-state index is 0.252. The van der Waals surface area contributed by atoms with Gasteiger partial charge in [0.25, 0.3) is 0 Å². The summed E-state index contributed by atoms with van der Waals surface area (Å²) in [6.45, 7) is 9.75. The number of guanidine groups is 1. The number of hydrogen-bond acceptors (Lipinski definition) is 4. The van der Waals surface area contributed by atoms with Gasteiger partial charge in [0.15, 0.2) is 5.96 Å². The maximum Gasteiger partial charge on any atom is 0.222 e. The monoisotopic (exact) mass is 399 g/mol. The second-order valence-corrected chi connectivity index (χ2v) is 8.27. The van der Waals surface area contributed by atoms with Gasteiger partial charge < -0.3 is 15.5 Å². The van der Waals surface area contributed by atoms with Crippen LogP contribution in [0.15, 0.2) is 29.3 Å². The lowest BCUT2D eigenvalue weighted by Crippen LogP contribution is -2.36. The van der Waals surface area contributed by atoms with Gasteiger partial charge in [-0.2, -0.15) is 0 Å². The van der Waals surface area contributed by atoms with E-state index in [9.17, 15) is 4.79 Å². The molecule has 2 aromatic rings. The Balaban J connectivity index is 1.66. The van der Waals surface area contributed by atoms with Crippen LogP contribution in [-0.2, 0) is 24.4 Å². The Morgan fingerprint density at radius 1 is 1.25 bits per heavy atom. The van der Waals surface area contributed by atoms with E-state index < -0.39 is 0 Å². The standard InChI is InChI=1S/C21H29N5OS/c1-4-22-21(24-13-19-25-15(2)16(3)28-19)23-12-17-8-5-6-9-18(17)14-26-11-7-10-20(26)27/h5-6,8-9H,4,7,10-14H2,1-3H3,(H2,22,23,24). The second-order valence-electron chi connectivity index (χ2n) is 6.99. The first-order valence-electron chi connectivity index (χ1n) is 9.86. The highest BCUT2D eigenvalue weighted by molar-refractivity contribution is 7.11. The molecule has 6 nitrogen and oxygen atoms in total. The molecule has 28 heavy (non-hydrogen) atoms. The summed E-state index contributed by atoms with van der Waals surface area (Å²) in [5, 5.41) is 7.73. The molecule has 0 unspecified atom stereocenters. The summed E-state index contributed by atoms with van der Waals surface area (Å²) in [6.07, 6.45) is 1.63. The molecule has 150 valence electrons. The summed E-state index contributed by atoms with van der Waals surface area (Å²) in [4.78, 5) is 24.5. The van der Waals surface area contributed by atoms with Gasteiger partial charge in [-0.3, -0.25) is 4.79 Å². The van der Waals surface area contributed by atoms with Crippen LogP contribution in [0, 0.1) is 13.8 Å². The van der Waals surface area contributed by atoms with Crippen LogP contribution in [0.1, 0.15) is 46.5 Å². The van der Waals surface area contributed by atoms with Crippen LogP contribution in [0.4, 0.5) is 0 Å². The molecule has 0 saturated carbocycles. The maximum absolute atomic E-state index is 12.0. The van der Waals surface area contributed by atoms with Crippen LogP contribution in [0.2, 0.25) is 0 Å². The molecule has 0 radical (unpaired) electrons. The van der Waals surface area contributed by atoms with E-state index in [2.05, 4.69) is 41.6 Å². The van der Waals surface area contributed by atoms with Gasteiger partial charge in [-0.15, -0.1) is 11.3 Å². The highest BCUT2D eigenvalue weighted by atomic mass is 32.1. The zero-order valence-electron chi connectivity index (χ0n) is 16.9. The smallest absolute Gasteiger partial charge is 0.222 e. The van der Waals surface area contributed by atoms with Crippen molar-refractivity contribution in [3.05, 3.63) is 51.0 Å². The lowest BCUT2D eigenvalue weighted by atomic mass is 10.1. The first kappa shape index (κ1) is 20.3. The number of rotatable bonds is 7. The third kappa shape index (κ3) is 5.32. The number of nitrogens with one attached hydrogen (secondary N) is 2. The van der Waals surface area contributed by atoms with Crippen molar-refractivity contribution in [2.45, 2.75) is 53.2 Å². The van der Waals surface area contributed by atoms with Crippen LogP contribution >= 0.6 is 11.3 Å². The highest BCUT2D eigenvalue weighted by Crippen LogP contribution is 2.18. The highest BCUT2D eigenvalue weighted by Gasteiger charge is 2.20. The number of benzene rings is 1. The van der Waals surface area contributed by atoms with E-state index >= 15 is 0 Å². The molecular weight excluding hydrogens is 370 g/mol. The molecule has 0 aliphatic carbocycles. The summed E-state index contributed by atoms with van der Waals surface area (Å²) < 4.78 is 0. The molecule has 1 saturated heterocycles. The van der Waals surface area contributed by atoms with Gasteiger partial charge in [0.1, 0.15) is 5.01 Å². The van der Waals surface area contributed by atoms with Crippen LogP contribution in [0.3, 0.4) is 0 Å². The average molecular weight is 400 g/mol. The number of aliphatic imine (C=N–C) groups is 1. The summed E-state index contributed by atoms with van der Waals surface area (Å²) in [7, 11) is 0. The normalized spacial score (nSPS) is 14.6. The SMILES string of the molecule is CCNC(=NCc1ccccc1CN1CCCC1=O)NCc1nc(C)c(C)s1. The molecule has 0 bridgehead atoms. The lowest BCUT2D eigenvalue weighted by Gasteiger charge is -2.18. The van der Waals surface area contributed by atoms with E-state index in [1.165, 1.54) is 10.4 Å². The number of carbonyl (C=O) groups excluding carboxylic acids is 1. The number of carbonyl (C=O) groups is 1. The van der Waals surface area contributed by atoms with E-state index in [0.29, 0.717) is 26.1 Å². The largest absolute Gasteiger partial charge is 0.357 e. The summed E-state index contributed by atoms with van der Waals surface area (Å²) in [5.74, 6) is 1.03. The van der Waals surface area contributed by atoms with Gasteiger partial charge in [-0.1, -0.05) is 24.3 Å². The van der Waals surface area contributed by atoms with Crippen molar-refractivity contribution in [2.75, 3.05) is 13.1 Å². The first-order valence-corrected chi connectivity index (χ1v) is 10.7. The average Bonchev–Trinajstić information content (AvgIpc) is 3.23. The number of likely N-dealkylation sites (tertiary alicyclic amines) is 1. The minimum Gasteiger partial charge on any atom is -0.357 e. The molecule has 1 aromatic heterocycles. The molecule has 3 rings (SSSR count). The van der Waals surface area contributed by atoms with Crippen LogP contribution in [0.25, 0.3) is 0 Å². The Kier molecular flexibility index (Phi) is 7.03. The number of aryl methyl sites for hydroxylation is 2. The predicted octanol–water partition coefficient (Wildman–Crippen LogP) is 3.14. The molecule has 2 heterocycles. The third-order valence-corrected chi connectivity index (χ3v) is 5.96. The number of thiazole rings is 1. The topological polar surface area (TPSA) is 69.6 Å². The molecule has 1 aromatic carbocycles. The fraction of sp³-hybridized carbons (Fsp3) is 0.476. The van der Waals surface area contributed by atoms with E-state index in [0.717, 1.165) is 41.7 Å². The van der Waals surface area contributed by atoms with Gasteiger partial charge in [0.05, 0.1) is 18.8 Å². The number of amides is 1. The molecule has 0 atom stereocenters. The quantitative estimate of drug-likeness (QED) is 0.554. The van der Waals surface area contributed by atoms with Crippen molar-refractivity contribution in [1.29, 1.82) is 0 Å². The second kappa shape index (κ2) is 9.68. The van der Waals surface area contributed by atoms with Crippen molar-refractivity contribution in [3.63, 3.8) is 0 Å². The van der Waals surface area contributed by atoms with E-state index in [1.807, 2.05) is 24.0 Å². The summed E-state index contributed by atoms with van der Waals surface area (Å²) in [6, 6.07) is 8.25. The molecule has 1 fully saturated rings. The molecule has 1 amide bonds. The van der Waals surface area contributed by atoms with Gasteiger partial charge in [0, 0.05) is 30.9 Å². The molecule has 0 spiro atoms. The van der Waals surface area contributed by atoms with Crippen LogP contribution in [0.5, 0.6) is 0 Å². The van der Waals surface area contributed by atoms with Crippen LogP contribution < -0.4 is 10.6 Å². The molecule has 1 aliphatic rings. The van der Waals surface area contributed by atoms with E-state index in [4.69, 9.17) is 4.99 Å². The van der Waals surface area contributed by atoms with Gasteiger partial charge in [-0.05, 0) is 38.3 Å². The Morgan fingerprint density at radius 2 is 2.04 bits per heavy atom. The first-order chi connectivity index (χ1) is 13.6. The molecule has 7 heteroatoms. The number of nitrogens with zero attached hydrogens (tertiary/aromatic N) is 3. The number of hydrogen-bond donors (Lipinski definition) is 2. The number of aromatic nitrogens is 1. The molecule has 1 aliphatic heterocycles. The molecular formula is C21H29N5OS. The fourth-order valence-electron chi connectivity index (χ4n) is 3.22. The van der Waals surface area contributed by atoms with E-state index in [1.54, 1.807) is 11.3 Å². The third-order valence-electron chi connectivity index (χ3n) is 4.88. The zero-order valence-corrected chi connectivity index (χ0v) is 17.7. The minimum atomic E-state index is 0.252. The van der Waals surface area contributed by atoms with Crippen molar-refractivity contribution >= 4 is 23.2 Å². The Bertz CT molecular complexity index is 826. The van der Waals surface area contributed by atoms with Gasteiger partial charge in [0.2, 0.25) is 5.91 Å². The summed E-state index contributed by atoms with van der Waals surface area (Å²) >= 11 is 1.72. The lowest BCUT2D eigenvalue weighted by molar-refractivity contribution is -0.128. The Labute approximate surface area is 171 Å². The van der Waals surface area contributed by atoms with E-state index in [-0.39, 0.29) is 5.91 Å².